The monoisotopic (exact) mass is 261 g/mol. The fourth-order valence-electron chi connectivity index (χ4n) is 2.72. The highest BCUT2D eigenvalue weighted by Crippen LogP contribution is 2.36. The Morgan fingerprint density at radius 2 is 2.05 bits per heavy atom. The summed E-state index contributed by atoms with van der Waals surface area (Å²) in [4.78, 5) is 18.2. The Kier molecular flexibility index (Phi) is 3.78. The van der Waals surface area contributed by atoms with E-state index in [0.717, 1.165) is 12.8 Å². The quantitative estimate of drug-likeness (QED) is 0.890. The molecule has 4 nitrogen and oxygen atoms in total. The number of nitrogens with two attached hydrogens (primary N) is 1. The first kappa shape index (κ1) is 13.8. The van der Waals surface area contributed by atoms with Crippen LogP contribution >= 0.6 is 0 Å². The van der Waals surface area contributed by atoms with Crippen LogP contribution in [0.2, 0.25) is 0 Å². The average molecular weight is 261 g/mol. The minimum Gasteiger partial charge on any atom is -0.384 e. The molecule has 1 heterocycles. The van der Waals surface area contributed by atoms with Crippen LogP contribution in [0.25, 0.3) is 0 Å². The lowest BCUT2D eigenvalue weighted by Crippen LogP contribution is -2.40. The number of nitrogens with zero attached hydrogens (tertiary/aromatic N) is 2. The molecule has 1 aromatic heterocycles. The Bertz CT molecular complexity index is 460. The van der Waals surface area contributed by atoms with E-state index in [1.54, 1.807) is 18.3 Å². The van der Waals surface area contributed by atoms with Crippen LogP contribution in [0.1, 0.15) is 49.9 Å². The van der Waals surface area contributed by atoms with E-state index in [2.05, 4.69) is 18.8 Å². The molecule has 1 saturated carbocycles. The van der Waals surface area contributed by atoms with Crippen LogP contribution in [0.5, 0.6) is 0 Å². The van der Waals surface area contributed by atoms with Crippen molar-refractivity contribution in [2.75, 3.05) is 12.8 Å². The summed E-state index contributed by atoms with van der Waals surface area (Å²) in [5.74, 6) is 0.433. The molecule has 0 unspecified atom stereocenters. The first-order chi connectivity index (χ1) is 8.89. The zero-order valence-electron chi connectivity index (χ0n) is 12.0. The van der Waals surface area contributed by atoms with Crippen molar-refractivity contribution in [3.8, 4) is 0 Å². The fraction of sp³-hybridized carbons (Fsp3) is 0.600. The highest BCUT2D eigenvalue weighted by Gasteiger charge is 2.30. The van der Waals surface area contributed by atoms with Gasteiger partial charge in [-0.3, -0.25) is 4.79 Å². The maximum absolute atomic E-state index is 12.4. The van der Waals surface area contributed by atoms with Gasteiger partial charge in [-0.15, -0.1) is 0 Å². The summed E-state index contributed by atoms with van der Waals surface area (Å²) in [7, 11) is 1.89. The van der Waals surface area contributed by atoms with Gasteiger partial charge in [-0.25, -0.2) is 4.98 Å². The largest absolute Gasteiger partial charge is 0.384 e. The van der Waals surface area contributed by atoms with Crippen LogP contribution in [0, 0.1) is 5.41 Å². The van der Waals surface area contributed by atoms with E-state index in [-0.39, 0.29) is 5.91 Å². The third kappa shape index (κ3) is 3.25. The van der Waals surface area contributed by atoms with Crippen molar-refractivity contribution >= 4 is 11.7 Å². The molecular formula is C15H23N3O. The van der Waals surface area contributed by atoms with Crippen LogP contribution in [0.3, 0.4) is 0 Å². The molecule has 4 heteroatoms. The molecule has 0 saturated heterocycles. The Hall–Kier alpha value is -1.58. The fourth-order valence-corrected chi connectivity index (χ4v) is 2.72. The first-order valence-electron chi connectivity index (χ1n) is 6.88. The van der Waals surface area contributed by atoms with E-state index in [0.29, 0.717) is 22.8 Å². The topological polar surface area (TPSA) is 59.2 Å². The van der Waals surface area contributed by atoms with Crippen molar-refractivity contribution in [3.05, 3.63) is 23.9 Å². The van der Waals surface area contributed by atoms with Gasteiger partial charge in [0.1, 0.15) is 5.82 Å². The minimum atomic E-state index is 0.0406. The molecule has 19 heavy (non-hydrogen) atoms. The minimum absolute atomic E-state index is 0.0406. The third-order valence-corrected chi connectivity index (χ3v) is 4.20. The number of rotatable bonds is 2. The second kappa shape index (κ2) is 5.19. The molecule has 1 amide bonds. The van der Waals surface area contributed by atoms with Crippen LogP contribution in [-0.2, 0) is 0 Å². The predicted molar refractivity (Wildman–Crippen MR) is 76.8 cm³/mol. The molecule has 0 atom stereocenters. The Labute approximate surface area is 115 Å². The van der Waals surface area contributed by atoms with Gasteiger partial charge in [0.2, 0.25) is 0 Å². The van der Waals surface area contributed by atoms with Gasteiger partial charge in [-0.1, -0.05) is 13.8 Å². The second-order valence-corrected chi connectivity index (χ2v) is 6.28. The number of aromatic nitrogens is 1. The zero-order valence-corrected chi connectivity index (χ0v) is 12.0. The molecule has 2 N–H and O–H groups in total. The van der Waals surface area contributed by atoms with Crippen LogP contribution in [0.4, 0.5) is 5.82 Å². The van der Waals surface area contributed by atoms with E-state index >= 15 is 0 Å². The van der Waals surface area contributed by atoms with Gasteiger partial charge in [0.05, 0.1) is 0 Å². The second-order valence-electron chi connectivity index (χ2n) is 6.28. The van der Waals surface area contributed by atoms with Crippen molar-refractivity contribution in [3.63, 3.8) is 0 Å². The standard InChI is InChI=1S/C15H23N3O/c1-15(2)7-4-12(5-8-15)18(3)14(19)11-6-9-17-13(16)10-11/h6,9-10,12H,4-5,7-8H2,1-3H3,(H2,16,17). The summed E-state index contributed by atoms with van der Waals surface area (Å²) in [6.45, 7) is 4.60. The lowest BCUT2D eigenvalue weighted by Gasteiger charge is -2.38. The molecule has 1 aliphatic rings. The van der Waals surface area contributed by atoms with Crippen LogP contribution in [-0.4, -0.2) is 28.9 Å². The van der Waals surface area contributed by atoms with E-state index in [1.807, 2.05) is 11.9 Å². The van der Waals surface area contributed by atoms with Gasteiger partial charge >= 0.3 is 0 Å². The predicted octanol–water partition coefficient (Wildman–Crippen LogP) is 2.70. The summed E-state index contributed by atoms with van der Waals surface area (Å²) in [6, 6.07) is 3.71. The summed E-state index contributed by atoms with van der Waals surface area (Å²) < 4.78 is 0. The zero-order chi connectivity index (χ0) is 14.0. The first-order valence-corrected chi connectivity index (χ1v) is 6.88. The number of carbonyl (C=O) groups excluding carboxylic acids is 1. The molecule has 0 spiro atoms. The Morgan fingerprint density at radius 3 is 2.63 bits per heavy atom. The summed E-state index contributed by atoms with van der Waals surface area (Å²) in [5.41, 5.74) is 6.67. The van der Waals surface area contributed by atoms with Crippen molar-refractivity contribution < 1.29 is 4.79 Å². The molecule has 1 fully saturated rings. The Balaban J connectivity index is 2.04. The lowest BCUT2D eigenvalue weighted by molar-refractivity contribution is 0.0635. The van der Waals surface area contributed by atoms with Crippen LogP contribution < -0.4 is 5.73 Å². The molecule has 0 bridgehead atoms. The van der Waals surface area contributed by atoms with E-state index in [9.17, 15) is 4.79 Å². The molecule has 0 aliphatic heterocycles. The smallest absolute Gasteiger partial charge is 0.254 e. The molecule has 0 radical (unpaired) electrons. The number of pyridine rings is 1. The van der Waals surface area contributed by atoms with Gasteiger partial charge in [0, 0.05) is 24.8 Å². The normalized spacial score (nSPS) is 19.1. The molecular weight excluding hydrogens is 238 g/mol. The summed E-state index contributed by atoms with van der Waals surface area (Å²) in [5, 5.41) is 0. The SMILES string of the molecule is CN(C(=O)c1ccnc(N)c1)C1CCC(C)(C)CC1. The molecule has 104 valence electrons. The highest BCUT2D eigenvalue weighted by molar-refractivity contribution is 5.94. The maximum atomic E-state index is 12.4. The summed E-state index contributed by atoms with van der Waals surface area (Å²) in [6.07, 6.45) is 6.09. The van der Waals surface area contributed by atoms with Crippen molar-refractivity contribution in [2.45, 2.75) is 45.6 Å². The van der Waals surface area contributed by atoms with Gasteiger partial charge in [0.25, 0.3) is 5.91 Å². The van der Waals surface area contributed by atoms with Gasteiger partial charge in [0.15, 0.2) is 0 Å². The maximum Gasteiger partial charge on any atom is 0.254 e. The molecule has 2 rings (SSSR count). The number of hydrogen-bond donors (Lipinski definition) is 1. The number of amides is 1. The Morgan fingerprint density at radius 1 is 1.42 bits per heavy atom. The molecule has 1 aliphatic carbocycles. The van der Waals surface area contributed by atoms with Crippen molar-refractivity contribution in [1.29, 1.82) is 0 Å². The van der Waals surface area contributed by atoms with E-state index in [1.165, 1.54) is 12.8 Å². The van der Waals surface area contributed by atoms with Gasteiger partial charge in [-0.2, -0.15) is 0 Å². The number of nitrogen functional groups attached to an aromatic ring is 1. The number of anilines is 1. The average Bonchev–Trinajstić information content (AvgIpc) is 2.37. The molecule has 0 aromatic carbocycles. The van der Waals surface area contributed by atoms with Crippen molar-refractivity contribution in [2.24, 2.45) is 5.41 Å². The van der Waals surface area contributed by atoms with E-state index < -0.39 is 0 Å². The third-order valence-electron chi connectivity index (χ3n) is 4.20. The van der Waals surface area contributed by atoms with Gasteiger partial charge < -0.3 is 10.6 Å². The number of carbonyl (C=O) groups is 1. The van der Waals surface area contributed by atoms with E-state index in [4.69, 9.17) is 5.73 Å². The van der Waals surface area contributed by atoms with Gasteiger partial charge in [-0.05, 0) is 43.2 Å². The number of hydrogen-bond acceptors (Lipinski definition) is 3. The van der Waals surface area contributed by atoms with Crippen LogP contribution in [0.15, 0.2) is 18.3 Å². The molecule has 1 aromatic rings. The summed E-state index contributed by atoms with van der Waals surface area (Å²) >= 11 is 0. The van der Waals surface area contributed by atoms with Crippen molar-refractivity contribution in [1.82, 2.24) is 9.88 Å². The highest BCUT2D eigenvalue weighted by atomic mass is 16.2. The lowest BCUT2D eigenvalue weighted by atomic mass is 9.75.